The lowest BCUT2D eigenvalue weighted by Crippen LogP contribution is -2.28. The lowest BCUT2D eigenvalue weighted by atomic mass is 10.1. The summed E-state index contributed by atoms with van der Waals surface area (Å²) in [7, 11) is 1.37. The Morgan fingerprint density at radius 3 is 2.50 bits per heavy atom. The molecule has 0 aromatic heterocycles. The minimum Gasteiger partial charge on any atom is -0.405 e. The summed E-state index contributed by atoms with van der Waals surface area (Å²) in [4.78, 5) is 13.4. The molecular formula is C16H12BrF4NO2. The van der Waals surface area contributed by atoms with E-state index in [-0.39, 0.29) is 17.7 Å². The standard InChI is InChI=1S/C16H12BrF4NO2/c1-22(15(23)12-7-6-11(17)8-13(12)18)9-10-4-2-3-5-14(10)24-16(19,20)21/h2-8H,9H2,1H3. The summed E-state index contributed by atoms with van der Waals surface area (Å²) in [5.41, 5.74) is -0.0156. The largest absolute Gasteiger partial charge is 0.573 e. The number of hydrogen-bond donors (Lipinski definition) is 0. The molecule has 0 unspecified atom stereocenters. The van der Waals surface area contributed by atoms with Crippen molar-refractivity contribution in [2.45, 2.75) is 12.9 Å². The van der Waals surface area contributed by atoms with Crippen LogP contribution in [0.15, 0.2) is 46.9 Å². The normalized spacial score (nSPS) is 11.2. The van der Waals surface area contributed by atoms with Crippen molar-refractivity contribution in [3.8, 4) is 5.75 Å². The number of benzene rings is 2. The summed E-state index contributed by atoms with van der Waals surface area (Å²) in [6.45, 7) is -0.166. The van der Waals surface area contributed by atoms with Crippen LogP contribution in [0.3, 0.4) is 0 Å². The van der Waals surface area contributed by atoms with Gasteiger partial charge in [0.05, 0.1) is 5.56 Å². The van der Waals surface area contributed by atoms with E-state index >= 15 is 0 Å². The number of carbonyl (C=O) groups is 1. The van der Waals surface area contributed by atoms with Crippen molar-refractivity contribution in [3.63, 3.8) is 0 Å². The van der Waals surface area contributed by atoms with Gasteiger partial charge in [-0.15, -0.1) is 13.2 Å². The Bertz CT molecular complexity index is 749. The number of alkyl halides is 3. The third-order valence-electron chi connectivity index (χ3n) is 3.11. The van der Waals surface area contributed by atoms with Gasteiger partial charge in [-0.25, -0.2) is 4.39 Å². The Morgan fingerprint density at radius 2 is 1.88 bits per heavy atom. The topological polar surface area (TPSA) is 29.5 Å². The van der Waals surface area contributed by atoms with Gasteiger partial charge in [-0.2, -0.15) is 0 Å². The van der Waals surface area contributed by atoms with Crippen molar-refractivity contribution < 1.29 is 27.1 Å². The highest BCUT2D eigenvalue weighted by Crippen LogP contribution is 2.27. The number of para-hydroxylation sites is 1. The number of carbonyl (C=O) groups excluding carboxylic acids is 1. The summed E-state index contributed by atoms with van der Waals surface area (Å²) in [6.07, 6.45) is -4.84. The first-order chi connectivity index (χ1) is 11.2. The minimum atomic E-state index is -4.84. The molecule has 0 heterocycles. The zero-order chi connectivity index (χ0) is 17.9. The van der Waals surface area contributed by atoms with Gasteiger partial charge < -0.3 is 9.64 Å². The zero-order valence-corrected chi connectivity index (χ0v) is 14.0. The van der Waals surface area contributed by atoms with Crippen molar-refractivity contribution in [1.82, 2.24) is 4.90 Å². The molecule has 0 aliphatic carbocycles. The summed E-state index contributed by atoms with van der Waals surface area (Å²) < 4.78 is 55.5. The van der Waals surface area contributed by atoms with Gasteiger partial charge in [-0.05, 0) is 24.3 Å². The van der Waals surface area contributed by atoms with Crippen LogP contribution in [0.4, 0.5) is 17.6 Å². The average molecular weight is 406 g/mol. The molecule has 0 spiro atoms. The van der Waals surface area contributed by atoms with E-state index in [1.54, 1.807) is 0 Å². The lowest BCUT2D eigenvalue weighted by Gasteiger charge is -2.20. The number of halogens is 5. The predicted molar refractivity (Wildman–Crippen MR) is 83.0 cm³/mol. The second kappa shape index (κ2) is 7.21. The molecule has 24 heavy (non-hydrogen) atoms. The molecule has 0 N–H and O–H groups in total. The molecule has 0 radical (unpaired) electrons. The molecule has 0 saturated heterocycles. The lowest BCUT2D eigenvalue weighted by molar-refractivity contribution is -0.274. The fourth-order valence-corrected chi connectivity index (χ4v) is 2.39. The van der Waals surface area contributed by atoms with Gasteiger partial charge in [-0.3, -0.25) is 4.79 Å². The molecule has 0 atom stereocenters. The summed E-state index contributed by atoms with van der Waals surface area (Å²) >= 11 is 3.09. The Labute approximate surface area is 144 Å². The maximum atomic E-state index is 13.9. The van der Waals surface area contributed by atoms with Gasteiger partial charge in [0.15, 0.2) is 0 Å². The number of amides is 1. The first kappa shape index (κ1) is 18.3. The number of rotatable bonds is 4. The SMILES string of the molecule is CN(Cc1ccccc1OC(F)(F)F)C(=O)c1ccc(Br)cc1F. The average Bonchev–Trinajstić information content (AvgIpc) is 2.47. The van der Waals surface area contributed by atoms with E-state index in [1.807, 2.05) is 0 Å². The van der Waals surface area contributed by atoms with E-state index < -0.39 is 23.8 Å². The first-order valence-corrected chi connectivity index (χ1v) is 7.51. The molecule has 0 fully saturated rings. The molecule has 128 valence electrons. The van der Waals surface area contributed by atoms with Crippen LogP contribution in [-0.2, 0) is 6.54 Å². The second-order valence-corrected chi connectivity index (χ2v) is 5.86. The molecule has 0 bridgehead atoms. The van der Waals surface area contributed by atoms with Crippen LogP contribution in [-0.4, -0.2) is 24.2 Å². The number of nitrogens with zero attached hydrogens (tertiary/aromatic N) is 1. The predicted octanol–water partition coefficient (Wildman–Crippen LogP) is 4.76. The maximum absolute atomic E-state index is 13.9. The summed E-state index contributed by atoms with van der Waals surface area (Å²) in [6, 6.07) is 9.42. The highest BCUT2D eigenvalue weighted by atomic mass is 79.9. The van der Waals surface area contributed by atoms with E-state index in [0.717, 1.165) is 17.0 Å². The molecule has 1 amide bonds. The van der Waals surface area contributed by atoms with E-state index in [1.165, 1.54) is 37.4 Å². The molecule has 2 rings (SSSR count). The van der Waals surface area contributed by atoms with Gasteiger partial charge in [0, 0.05) is 23.6 Å². The molecule has 0 aliphatic rings. The van der Waals surface area contributed by atoms with Crippen LogP contribution >= 0.6 is 15.9 Å². The van der Waals surface area contributed by atoms with Crippen LogP contribution in [0.1, 0.15) is 15.9 Å². The van der Waals surface area contributed by atoms with E-state index in [4.69, 9.17) is 0 Å². The molecular weight excluding hydrogens is 394 g/mol. The van der Waals surface area contributed by atoms with E-state index in [0.29, 0.717) is 4.47 Å². The van der Waals surface area contributed by atoms with Crippen molar-refractivity contribution >= 4 is 21.8 Å². The van der Waals surface area contributed by atoms with Gasteiger partial charge in [0.1, 0.15) is 11.6 Å². The maximum Gasteiger partial charge on any atom is 0.573 e. The van der Waals surface area contributed by atoms with Crippen LogP contribution in [0.25, 0.3) is 0 Å². The quantitative estimate of drug-likeness (QED) is 0.686. The van der Waals surface area contributed by atoms with Crippen molar-refractivity contribution in [2.75, 3.05) is 7.05 Å². The van der Waals surface area contributed by atoms with Crippen LogP contribution in [0.5, 0.6) is 5.75 Å². The zero-order valence-electron chi connectivity index (χ0n) is 12.4. The fraction of sp³-hybridized carbons (Fsp3) is 0.188. The number of ether oxygens (including phenoxy) is 1. The number of hydrogen-bond acceptors (Lipinski definition) is 2. The highest BCUT2D eigenvalue weighted by molar-refractivity contribution is 9.10. The van der Waals surface area contributed by atoms with Gasteiger partial charge in [0.2, 0.25) is 0 Å². The summed E-state index contributed by atoms with van der Waals surface area (Å²) in [5, 5.41) is 0. The van der Waals surface area contributed by atoms with E-state index in [9.17, 15) is 22.4 Å². The van der Waals surface area contributed by atoms with Crippen molar-refractivity contribution in [1.29, 1.82) is 0 Å². The molecule has 2 aromatic rings. The molecule has 3 nitrogen and oxygen atoms in total. The van der Waals surface area contributed by atoms with Crippen LogP contribution in [0.2, 0.25) is 0 Å². The highest BCUT2D eigenvalue weighted by Gasteiger charge is 2.32. The fourth-order valence-electron chi connectivity index (χ4n) is 2.05. The third-order valence-corrected chi connectivity index (χ3v) is 3.61. The molecule has 0 saturated carbocycles. The van der Waals surface area contributed by atoms with Crippen LogP contribution < -0.4 is 4.74 Å². The van der Waals surface area contributed by atoms with Gasteiger partial charge >= 0.3 is 6.36 Å². The first-order valence-electron chi connectivity index (χ1n) is 6.71. The smallest absolute Gasteiger partial charge is 0.405 e. The Balaban J connectivity index is 2.20. The Hall–Kier alpha value is -2.09. The van der Waals surface area contributed by atoms with E-state index in [2.05, 4.69) is 20.7 Å². The second-order valence-electron chi connectivity index (χ2n) is 4.94. The van der Waals surface area contributed by atoms with Gasteiger partial charge in [0.25, 0.3) is 5.91 Å². The molecule has 0 aliphatic heterocycles. The Kier molecular flexibility index (Phi) is 5.48. The minimum absolute atomic E-state index is 0.156. The summed E-state index contributed by atoms with van der Waals surface area (Å²) in [5.74, 6) is -1.77. The molecule has 2 aromatic carbocycles. The van der Waals surface area contributed by atoms with Crippen molar-refractivity contribution in [3.05, 3.63) is 63.9 Å². The van der Waals surface area contributed by atoms with Gasteiger partial charge in [-0.1, -0.05) is 34.1 Å². The third kappa shape index (κ3) is 4.70. The molecule has 8 heteroatoms. The Morgan fingerprint density at radius 1 is 1.21 bits per heavy atom. The van der Waals surface area contributed by atoms with Crippen molar-refractivity contribution in [2.24, 2.45) is 0 Å². The monoisotopic (exact) mass is 405 g/mol. The van der Waals surface area contributed by atoms with Crippen LogP contribution in [0, 0.1) is 5.82 Å².